The molecule has 0 radical (unpaired) electrons. The smallest absolute Gasteiger partial charge is 0.255 e. The molecular weight excluding hydrogens is 312 g/mol. The molecule has 0 bridgehead atoms. The van der Waals surface area contributed by atoms with Gasteiger partial charge in [0.25, 0.3) is 5.91 Å². The second-order valence-electron chi connectivity index (χ2n) is 5.32. The van der Waals surface area contributed by atoms with Crippen molar-refractivity contribution in [1.29, 1.82) is 0 Å². The third-order valence-electron chi connectivity index (χ3n) is 3.18. The summed E-state index contributed by atoms with van der Waals surface area (Å²) in [5, 5.41) is 2.78. The van der Waals surface area contributed by atoms with Crippen molar-refractivity contribution < 1.29 is 13.2 Å². The molecule has 2 aromatic rings. The van der Waals surface area contributed by atoms with Gasteiger partial charge in [0, 0.05) is 16.9 Å². The Morgan fingerprint density at radius 3 is 2.39 bits per heavy atom. The third kappa shape index (κ3) is 5.10. The average Bonchev–Trinajstić information content (AvgIpc) is 2.49. The third-order valence-corrected chi connectivity index (χ3v) is 4.67. The van der Waals surface area contributed by atoms with Gasteiger partial charge in [0.1, 0.15) is 0 Å². The predicted molar refractivity (Wildman–Crippen MR) is 93.3 cm³/mol. The minimum absolute atomic E-state index is 0.0484. The molecule has 5 nitrogen and oxygen atoms in total. The van der Waals surface area contributed by atoms with Crippen molar-refractivity contribution in [2.24, 2.45) is 0 Å². The summed E-state index contributed by atoms with van der Waals surface area (Å²) in [5.41, 5.74) is 2.57. The molecule has 2 N–H and O–H groups in total. The molecule has 0 saturated heterocycles. The van der Waals surface area contributed by atoms with E-state index in [1.54, 1.807) is 25.1 Å². The first-order valence-electron chi connectivity index (χ1n) is 7.38. The average molecular weight is 332 g/mol. The van der Waals surface area contributed by atoms with Crippen LogP contribution in [0.15, 0.2) is 48.5 Å². The second kappa shape index (κ2) is 7.28. The van der Waals surface area contributed by atoms with Crippen molar-refractivity contribution in [2.75, 3.05) is 15.8 Å². The molecule has 0 unspecified atom stereocenters. The number of rotatable bonds is 6. The maximum atomic E-state index is 12.3. The lowest BCUT2D eigenvalue weighted by molar-refractivity contribution is 0.102. The Bertz CT molecular complexity index is 784. The molecular formula is C17H20N2O3S. The summed E-state index contributed by atoms with van der Waals surface area (Å²) < 4.78 is 26.1. The molecule has 23 heavy (non-hydrogen) atoms. The normalized spacial score (nSPS) is 11.0. The SMILES string of the molecule is CCCS(=O)(=O)Nc1cccc(C(=O)Nc2ccc(C)cc2)c1. The molecule has 0 spiro atoms. The fraction of sp³-hybridized carbons (Fsp3) is 0.235. The van der Waals surface area contributed by atoms with Crippen LogP contribution in [0.3, 0.4) is 0 Å². The van der Waals surface area contributed by atoms with E-state index in [0.717, 1.165) is 5.56 Å². The number of hydrogen-bond acceptors (Lipinski definition) is 3. The van der Waals surface area contributed by atoms with Gasteiger partial charge in [-0.25, -0.2) is 8.42 Å². The van der Waals surface area contributed by atoms with Crippen LogP contribution >= 0.6 is 0 Å². The van der Waals surface area contributed by atoms with E-state index in [0.29, 0.717) is 23.4 Å². The number of anilines is 2. The van der Waals surface area contributed by atoms with Crippen LogP contribution in [-0.4, -0.2) is 20.1 Å². The number of aryl methyl sites for hydroxylation is 1. The van der Waals surface area contributed by atoms with Crippen LogP contribution < -0.4 is 10.0 Å². The van der Waals surface area contributed by atoms with Gasteiger partial charge < -0.3 is 5.32 Å². The molecule has 0 fully saturated rings. The number of hydrogen-bond donors (Lipinski definition) is 2. The zero-order valence-electron chi connectivity index (χ0n) is 13.2. The number of amides is 1. The fourth-order valence-electron chi connectivity index (χ4n) is 2.06. The van der Waals surface area contributed by atoms with Gasteiger partial charge in [-0.2, -0.15) is 0 Å². The number of carbonyl (C=O) groups excluding carboxylic acids is 1. The first-order valence-corrected chi connectivity index (χ1v) is 9.03. The van der Waals surface area contributed by atoms with Crippen LogP contribution in [0, 0.1) is 6.92 Å². The van der Waals surface area contributed by atoms with Gasteiger partial charge >= 0.3 is 0 Å². The lowest BCUT2D eigenvalue weighted by Gasteiger charge is -2.09. The van der Waals surface area contributed by atoms with E-state index in [4.69, 9.17) is 0 Å². The molecule has 2 rings (SSSR count). The zero-order valence-corrected chi connectivity index (χ0v) is 14.0. The zero-order chi connectivity index (χ0) is 16.9. The van der Waals surface area contributed by atoms with Gasteiger partial charge in [-0.05, 0) is 43.7 Å². The van der Waals surface area contributed by atoms with Crippen LogP contribution in [0.5, 0.6) is 0 Å². The first kappa shape index (κ1) is 17.0. The number of sulfonamides is 1. The van der Waals surface area contributed by atoms with Crippen LogP contribution in [0.1, 0.15) is 29.3 Å². The molecule has 0 atom stereocenters. The lowest BCUT2D eigenvalue weighted by atomic mass is 10.2. The van der Waals surface area contributed by atoms with Crippen molar-refractivity contribution in [1.82, 2.24) is 0 Å². The summed E-state index contributed by atoms with van der Waals surface area (Å²) >= 11 is 0. The monoisotopic (exact) mass is 332 g/mol. The first-order chi connectivity index (χ1) is 10.9. The number of benzene rings is 2. The van der Waals surface area contributed by atoms with Crippen LogP contribution in [0.4, 0.5) is 11.4 Å². The summed E-state index contributed by atoms with van der Waals surface area (Å²) in [6, 6.07) is 13.9. The van der Waals surface area contributed by atoms with Gasteiger partial charge in [-0.3, -0.25) is 9.52 Å². The minimum Gasteiger partial charge on any atom is -0.322 e. The van der Waals surface area contributed by atoms with Gasteiger partial charge in [-0.1, -0.05) is 30.7 Å². The summed E-state index contributed by atoms with van der Waals surface area (Å²) in [7, 11) is -3.37. The van der Waals surface area contributed by atoms with E-state index in [9.17, 15) is 13.2 Å². The van der Waals surface area contributed by atoms with Gasteiger partial charge in [0.05, 0.1) is 5.75 Å². The van der Waals surface area contributed by atoms with Gasteiger partial charge in [0.15, 0.2) is 0 Å². The molecule has 0 aliphatic heterocycles. The van der Waals surface area contributed by atoms with Gasteiger partial charge in [-0.15, -0.1) is 0 Å². The Labute approximate surface area is 136 Å². The van der Waals surface area contributed by atoms with Crippen molar-refractivity contribution in [2.45, 2.75) is 20.3 Å². The Hall–Kier alpha value is -2.34. The van der Waals surface area contributed by atoms with E-state index >= 15 is 0 Å². The summed E-state index contributed by atoms with van der Waals surface area (Å²) in [6.07, 6.45) is 0.531. The summed E-state index contributed by atoms with van der Waals surface area (Å²) in [5.74, 6) is -0.238. The molecule has 0 aliphatic rings. The molecule has 0 aliphatic carbocycles. The van der Waals surface area contributed by atoms with Crippen molar-refractivity contribution >= 4 is 27.3 Å². The number of nitrogens with one attached hydrogen (secondary N) is 2. The molecule has 122 valence electrons. The molecule has 2 aromatic carbocycles. The highest BCUT2D eigenvalue weighted by Gasteiger charge is 2.11. The Morgan fingerprint density at radius 2 is 1.74 bits per heavy atom. The molecule has 1 amide bonds. The summed E-state index contributed by atoms with van der Waals surface area (Å²) in [6.45, 7) is 3.77. The van der Waals surface area contributed by atoms with E-state index in [1.165, 1.54) is 6.07 Å². The predicted octanol–water partition coefficient (Wildman–Crippen LogP) is 3.40. The molecule has 0 saturated carbocycles. The fourth-order valence-corrected chi connectivity index (χ4v) is 3.19. The maximum Gasteiger partial charge on any atom is 0.255 e. The highest BCUT2D eigenvalue weighted by molar-refractivity contribution is 7.92. The standard InChI is InChI=1S/C17H20N2O3S/c1-3-11-23(21,22)19-16-6-4-5-14(12-16)17(20)18-15-9-7-13(2)8-10-15/h4-10,12,19H,3,11H2,1-2H3,(H,18,20). The van der Waals surface area contributed by atoms with E-state index in [-0.39, 0.29) is 11.7 Å². The maximum absolute atomic E-state index is 12.3. The second-order valence-corrected chi connectivity index (χ2v) is 7.16. The largest absolute Gasteiger partial charge is 0.322 e. The number of carbonyl (C=O) groups is 1. The van der Waals surface area contributed by atoms with Gasteiger partial charge in [0.2, 0.25) is 10.0 Å². The van der Waals surface area contributed by atoms with E-state index in [2.05, 4.69) is 10.0 Å². The topological polar surface area (TPSA) is 75.3 Å². The minimum atomic E-state index is -3.37. The van der Waals surface area contributed by atoms with Crippen molar-refractivity contribution in [3.05, 3.63) is 59.7 Å². The van der Waals surface area contributed by atoms with E-state index < -0.39 is 10.0 Å². The molecule has 0 aromatic heterocycles. The quantitative estimate of drug-likeness (QED) is 0.851. The summed E-state index contributed by atoms with van der Waals surface area (Å²) in [4.78, 5) is 12.3. The van der Waals surface area contributed by atoms with Crippen LogP contribution in [0.2, 0.25) is 0 Å². The van der Waals surface area contributed by atoms with Crippen LogP contribution in [0.25, 0.3) is 0 Å². The Kier molecular flexibility index (Phi) is 5.39. The Balaban J connectivity index is 2.12. The Morgan fingerprint density at radius 1 is 1.04 bits per heavy atom. The van der Waals surface area contributed by atoms with Crippen molar-refractivity contribution in [3.8, 4) is 0 Å². The highest BCUT2D eigenvalue weighted by Crippen LogP contribution is 2.15. The lowest BCUT2D eigenvalue weighted by Crippen LogP contribution is -2.17. The van der Waals surface area contributed by atoms with Crippen LogP contribution in [-0.2, 0) is 10.0 Å². The molecule has 6 heteroatoms. The van der Waals surface area contributed by atoms with E-state index in [1.807, 2.05) is 31.2 Å². The highest BCUT2D eigenvalue weighted by atomic mass is 32.2. The molecule has 0 heterocycles. The van der Waals surface area contributed by atoms with Crippen molar-refractivity contribution in [3.63, 3.8) is 0 Å².